The van der Waals surface area contributed by atoms with Gasteiger partial charge >= 0.3 is 0 Å². The zero-order valence-electron chi connectivity index (χ0n) is 15.3. The third kappa shape index (κ3) is 5.09. The van der Waals surface area contributed by atoms with Gasteiger partial charge in [0.1, 0.15) is 5.82 Å². The molecule has 0 radical (unpaired) electrons. The number of rotatable bonds is 8. The third-order valence-corrected chi connectivity index (χ3v) is 4.79. The van der Waals surface area contributed by atoms with E-state index in [2.05, 4.69) is 45.9 Å². The van der Waals surface area contributed by atoms with Crippen molar-refractivity contribution in [3.8, 4) is 0 Å². The number of aromatic nitrogens is 3. The van der Waals surface area contributed by atoms with E-state index in [0.29, 0.717) is 18.8 Å². The first-order chi connectivity index (χ1) is 11.9. The maximum absolute atomic E-state index is 12.4. The van der Waals surface area contributed by atoms with Gasteiger partial charge in [0.05, 0.1) is 5.75 Å². The summed E-state index contributed by atoms with van der Waals surface area (Å²) in [6, 6.07) is 8.22. The van der Waals surface area contributed by atoms with Crippen molar-refractivity contribution < 1.29 is 4.79 Å². The third-order valence-electron chi connectivity index (χ3n) is 3.84. The van der Waals surface area contributed by atoms with Crippen molar-refractivity contribution in [1.82, 2.24) is 19.7 Å². The summed E-state index contributed by atoms with van der Waals surface area (Å²) in [4.78, 5) is 16.2. The van der Waals surface area contributed by atoms with Crippen molar-refractivity contribution in [2.45, 2.75) is 25.2 Å². The Labute approximate surface area is 153 Å². The molecule has 0 aliphatic heterocycles. The minimum Gasteiger partial charge on any atom is -0.378 e. The normalized spacial score (nSPS) is 10.6. The maximum atomic E-state index is 12.4. The molecule has 0 aliphatic carbocycles. The van der Waals surface area contributed by atoms with Crippen LogP contribution in [0.5, 0.6) is 0 Å². The Bertz CT molecular complexity index is 724. The SMILES string of the molecule is C=CCn1c(C)nnc1SCC(=O)N(C)Cc1ccc(N(C)C)cc1. The van der Waals surface area contributed by atoms with Gasteiger partial charge < -0.3 is 14.4 Å². The second kappa shape index (κ2) is 8.71. The van der Waals surface area contributed by atoms with Gasteiger partial charge in [0.15, 0.2) is 5.16 Å². The van der Waals surface area contributed by atoms with Gasteiger partial charge in [0.2, 0.25) is 5.91 Å². The number of anilines is 1. The van der Waals surface area contributed by atoms with Crippen LogP contribution in [0.25, 0.3) is 0 Å². The quantitative estimate of drug-likeness (QED) is 0.536. The number of carbonyl (C=O) groups excluding carboxylic acids is 1. The highest BCUT2D eigenvalue weighted by Crippen LogP contribution is 2.18. The van der Waals surface area contributed by atoms with Gasteiger partial charge in [-0.15, -0.1) is 16.8 Å². The number of benzene rings is 1. The molecule has 0 fully saturated rings. The lowest BCUT2D eigenvalue weighted by atomic mass is 10.2. The van der Waals surface area contributed by atoms with Crippen LogP contribution in [0.2, 0.25) is 0 Å². The molecule has 7 heteroatoms. The molecule has 0 aliphatic rings. The number of hydrogen-bond acceptors (Lipinski definition) is 5. The zero-order valence-corrected chi connectivity index (χ0v) is 16.1. The van der Waals surface area contributed by atoms with Crippen LogP contribution in [-0.4, -0.2) is 52.5 Å². The van der Waals surface area contributed by atoms with Crippen LogP contribution in [0.1, 0.15) is 11.4 Å². The molecule has 1 aromatic heterocycles. The van der Waals surface area contributed by atoms with Gasteiger partial charge in [0.25, 0.3) is 0 Å². The predicted molar refractivity (Wildman–Crippen MR) is 103 cm³/mol. The smallest absolute Gasteiger partial charge is 0.233 e. The van der Waals surface area contributed by atoms with Crippen LogP contribution in [0.15, 0.2) is 42.1 Å². The molecule has 0 unspecified atom stereocenters. The van der Waals surface area contributed by atoms with E-state index in [1.54, 1.807) is 11.0 Å². The van der Waals surface area contributed by atoms with E-state index in [1.165, 1.54) is 11.8 Å². The summed E-state index contributed by atoms with van der Waals surface area (Å²) in [5.74, 6) is 1.22. The summed E-state index contributed by atoms with van der Waals surface area (Å²) in [7, 11) is 5.84. The van der Waals surface area contributed by atoms with E-state index < -0.39 is 0 Å². The Morgan fingerprint density at radius 2 is 1.92 bits per heavy atom. The largest absolute Gasteiger partial charge is 0.378 e. The standard InChI is InChI=1S/C18H25N5OS/c1-6-11-23-14(2)19-20-18(23)25-13-17(24)22(5)12-15-7-9-16(10-8-15)21(3)4/h6-10H,1,11-13H2,2-5H3. The molecule has 0 spiro atoms. The van der Waals surface area contributed by atoms with Crippen molar-refractivity contribution in [2.24, 2.45) is 0 Å². The first-order valence-corrected chi connectivity index (χ1v) is 9.04. The molecule has 1 heterocycles. The Morgan fingerprint density at radius 3 is 2.52 bits per heavy atom. The summed E-state index contributed by atoms with van der Waals surface area (Å²) in [6.07, 6.45) is 1.80. The van der Waals surface area contributed by atoms with Crippen molar-refractivity contribution >= 4 is 23.4 Å². The Morgan fingerprint density at radius 1 is 1.24 bits per heavy atom. The number of hydrogen-bond donors (Lipinski definition) is 0. The molecule has 2 aromatic rings. The summed E-state index contributed by atoms with van der Waals surface area (Å²) < 4.78 is 1.95. The van der Waals surface area contributed by atoms with Crippen molar-refractivity contribution in [3.63, 3.8) is 0 Å². The molecule has 134 valence electrons. The number of allylic oxidation sites excluding steroid dienone is 1. The topological polar surface area (TPSA) is 54.3 Å². The minimum absolute atomic E-state index is 0.0625. The van der Waals surface area contributed by atoms with Gasteiger partial charge in [-0.1, -0.05) is 30.0 Å². The van der Waals surface area contributed by atoms with E-state index in [9.17, 15) is 4.79 Å². The highest BCUT2D eigenvalue weighted by atomic mass is 32.2. The lowest BCUT2D eigenvalue weighted by Crippen LogP contribution is -2.28. The van der Waals surface area contributed by atoms with Crippen molar-refractivity contribution in [3.05, 3.63) is 48.3 Å². The van der Waals surface area contributed by atoms with Gasteiger partial charge in [0, 0.05) is 39.9 Å². The molecule has 0 atom stereocenters. The Kier molecular flexibility index (Phi) is 6.64. The van der Waals surface area contributed by atoms with Crippen LogP contribution in [0, 0.1) is 6.92 Å². The second-order valence-corrected chi connectivity index (χ2v) is 6.97. The average Bonchev–Trinajstić information content (AvgIpc) is 2.93. The summed E-state index contributed by atoms with van der Waals surface area (Å²) in [5, 5.41) is 8.94. The fraction of sp³-hybridized carbons (Fsp3) is 0.389. The summed E-state index contributed by atoms with van der Waals surface area (Å²) in [5.41, 5.74) is 2.25. The maximum Gasteiger partial charge on any atom is 0.233 e. The van der Waals surface area contributed by atoms with E-state index in [4.69, 9.17) is 0 Å². The van der Waals surface area contributed by atoms with Crippen LogP contribution < -0.4 is 4.90 Å². The van der Waals surface area contributed by atoms with Crippen LogP contribution in [0.4, 0.5) is 5.69 Å². The number of nitrogens with zero attached hydrogens (tertiary/aromatic N) is 5. The van der Waals surface area contributed by atoms with E-state index in [1.807, 2.05) is 32.6 Å². The average molecular weight is 359 g/mol. The zero-order chi connectivity index (χ0) is 18.4. The molecular weight excluding hydrogens is 334 g/mol. The molecule has 25 heavy (non-hydrogen) atoms. The first kappa shape index (κ1) is 19.1. The molecule has 0 saturated heterocycles. The first-order valence-electron chi connectivity index (χ1n) is 8.06. The summed E-state index contributed by atoms with van der Waals surface area (Å²) in [6.45, 7) is 6.87. The summed E-state index contributed by atoms with van der Waals surface area (Å²) >= 11 is 1.40. The predicted octanol–water partition coefficient (Wildman–Crippen LogP) is 2.59. The second-order valence-electron chi connectivity index (χ2n) is 6.03. The van der Waals surface area contributed by atoms with Gasteiger partial charge in [-0.2, -0.15) is 0 Å². The molecular formula is C18H25N5OS. The van der Waals surface area contributed by atoms with E-state index in [-0.39, 0.29) is 5.91 Å². The van der Waals surface area contributed by atoms with E-state index in [0.717, 1.165) is 22.2 Å². The Balaban J connectivity index is 1.91. The van der Waals surface area contributed by atoms with Crippen LogP contribution >= 0.6 is 11.8 Å². The molecule has 1 aromatic carbocycles. The fourth-order valence-electron chi connectivity index (χ4n) is 2.31. The number of carbonyl (C=O) groups is 1. The molecule has 0 saturated carbocycles. The molecule has 0 N–H and O–H groups in total. The molecule has 2 rings (SSSR count). The van der Waals surface area contributed by atoms with Gasteiger partial charge in [-0.3, -0.25) is 4.79 Å². The van der Waals surface area contributed by atoms with Gasteiger partial charge in [-0.25, -0.2) is 0 Å². The number of amides is 1. The van der Waals surface area contributed by atoms with Crippen LogP contribution in [-0.2, 0) is 17.9 Å². The molecule has 6 nitrogen and oxygen atoms in total. The molecule has 1 amide bonds. The highest BCUT2D eigenvalue weighted by molar-refractivity contribution is 7.99. The van der Waals surface area contributed by atoms with Gasteiger partial charge in [-0.05, 0) is 24.6 Å². The highest BCUT2D eigenvalue weighted by Gasteiger charge is 2.14. The van der Waals surface area contributed by atoms with Crippen LogP contribution in [0.3, 0.4) is 0 Å². The molecule has 0 bridgehead atoms. The number of thioether (sulfide) groups is 1. The number of aryl methyl sites for hydroxylation is 1. The lowest BCUT2D eigenvalue weighted by Gasteiger charge is -2.18. The minimum atomic E-state index is 0.0625. The van der Waals surface area contributed by atoms with E-state index >= 15 is 0 Å². The lowest BCUT2D eigenvalue weighted by molar-refractivity contribution is -0.127. The van der Waals surface area contributed by atoms with Crippen molar-refractivity contribution in [1.29, 1.82) is 0 Å². The Hall–Kier alpha value is -2.28. The fourth-order valence-corrected chi connectivity index (χ4v) is 3.24. The van der Waals surface area contributed by atoms with Crippen molar-refractivity contribution in [2.75, 3.05) is 31.8 Å². The monoisotopic (exact) mass is 359 g/mol.